The van der Waals surface area contributed by atoms with Gasteiger partial charge in [0.1, 0.15) is 11.1 Å². The van der Waals surface area contributed by atoms with E-state index in [9.17, 15) is 5.26 Å². The molecule has 0 atom stereocenters. The number of pyridine rings is 1. The predicted molar refractivity (Wildman–Crippen MR) is 83.2 cm³/mol. The number of nitriles is 2. The normalized spacial score (nSPS) is 9.80. The second-order valence-corrected chi connectivity index (χ2v) is 5.94. The third-order valence-electron chi connectivity index (χ3n) is 2.65. The van der Waals surface area contributed by atoms with Crippen LogP contribution in [-0.4, -0.2) is 10.7 Å². The molecule has 2 rings (SSSR count). The minimum absolute atomic E-state index is 0.283. The van der Waals surface area contributed by atoms with E-state index in [-0.39, 0.29) is 5.75 Å². The standard InChI is InChI=1S/C15H10BrN3S/c1-10-8-13(11-2-4-12(16)5-3-11)14(9-18)15(19-10)20-7-6-17/h2-5,8H,7H2,1H3. The van der Waals surface area contributed by atoms with Gasteiger partial charge in [0.2, 0.25) is 0 Å². The first-order valence-corrected chi connectivity index (χ1v) is 7.61. The van der Waals surface area contributed by atoms with Crippen molar-refractivity contribution < 1.29 is 0 Å². The van der Waals surface area contributed by atoms with E-state index in [1.54, 1.807) is 0 Å². The number of aromatic nitrogens is 1. The molecule has 1 aromatic heterocycles. The molecule has 0 radical (unpaired) electrons. The Morgan fingerprint density at radius 3 is 2.55 bits per heavy atom. The monoisotopic (exact) mass is 343 g/mol. The molecule has 0 aliphatic carbocycles. The molecule has 0 amide bonds. The highest BCUT2D eigenvalue weighted by Crippen LogP contribution is 2.31. The van der Waals surface area contributed by atoms with E-state index in [0.717, 1.165) is 21.3 Å². The Hall–Kier alpha value is -1.82. The molecule has 20 heavy (non-hydrogen) atoms. The average Bonchev–Trinajstić information content (AvgIpc) is 2.45. The van der Waals surface area contributed by atoms with Crippen molar-refractivity contribution in [1.29, 1.82) is 10.5 Å². The number of aryl methyl sites for hydroxylation is 1. The summed E-state index contributed by atoms with van der Waals surface area (Å²) in [6.07, 6.45) is 0. The first-order valence-electron chi connectivity index (χ1n) is 5.83. The highest BCUT2D eigenvalue weighted by molar-refractivity contribution is 9.10. The minimum Gasteiger partial charge on any atom is -0.245 e. The molecule has 3 nitrogen and oxygen atoms in total. The number of hydrogen-bond acceptors (Lipinski definition) is 4. The van der Waals surface area contributed by atoms with Gasteiger partial charge in [-0.2, -0.15) is 10.5 Å². The van der Waals surface area contributed by atoms with Gasteiger partial charge < -0.3 is 0 Å². The molecule has 0 aliphatic rings. The highest BCUT2D eigenvalue weighted by Gasteiger charge is 2.13. The summed E-state index contributed by atoms with van der Waals surface area (Å²) in [5.74, 6) is 0.283. The molecule has 0 fully saturated rings. The first-order chi connectivity index (χ1) is 9.65. The zero-order valence-electron chi connectivity index (χ0n) is 10.7. The SMILES string of the molecule is Cc1cc(-c2ccc(Br)cc2)c(C#N)c(SCC#N)n1. The molecule has 1 aromatic carbocycles. The van der Waals surface area contributed by atoms with Gasteiger partial charge >= 0.3 is 0 Å². The Morgan fingerprint density at radius 1 is 1.25 bits per heavy atom. The lowest BCUT2D eigenvalue weighted by Crippen LogP contribution is -1.95. The van der Waals surface area contributed by atoms with Gasteiger partial charge in [-0.05, 0) is 30.7 Å². The third kappa shape index (κ3) is 3.19. The number of nitrogens with zero attached hydrogens (tertiary/aromatic N) is 3. The molecule has 98 valence electrons. The van der Waals surface area contributed by atoms with Crippen LogP contribution in [0.4, 0.5) is 0 Å². The van der Waals surface area contributed by atoms with Gasteiger partial charge in [0.15, 0.2) is 0 Å². The maximum Gasteiger partial charge on any atom is 0.116 e. The molecule has 1 heterocycles. The Morgan fingerprint density at radius 2 is 1.95 bits per heavy atom. The van der Waals surface area contributed by atoms with Crippen LogP contribution in [0, 0.1) is 29.6 Å². The molecule has 0 aliphatic heterocycles. The maximum absolute atomic E-state index is 9.41. The smallest absolute Gasteiger partial charge is 0.116 e. The van der Waals surface area contributed by atoms with Crippen molar-refractivity contribution >= 4 is 27.7 Å². The largest absolute Gasteiger partial charge is 0.245 e. The van der Waals surface area contributed by atoms with Crippen molar-refractivity contribution in [2.75, 3.05) is 5.75 Å². The van der Waals surface area contributed by atoms with Crippen LogP contribution < -0.4 is 0 Å². The number of halogens is 1. The van der Waals surface area contributed by atoms with E-state index >= 15 is 0 Å². The molecular weight excluding hydrogens is 334 g/mol. The lowest BCUT2D eigenvalue weighted by atomic mass is 10.0. The van der Waals surface area contributed by atoms with Crippen molar-refractivity contribution in [3.8, 4) is 23.3 Å². The van der Waals surface area contributed by atoms with E-state index in [0.29, 0.717) is 10.6 Å². The van der Waals surface area contributed by atoms with Crippen molar-refractivity contribution in [2.45, 2.75) is 11.9 Å². The molecule has 0 spiro atoms. The summed E-state index contributed by atoms with van der Waals surface area (Å²) in [5, 5.41) is 18.7. The zero-order chi connectivity index (χ0) is 14.5. The molecule has 0 unspecified atom stereocenters. The Balaban J connectivity index is 2.58. The van der Waals surface area contributed by atoms with Gasteiger partial charge in [0.05, 0.1) is 17.4 Å². The fraction of sp³-hybridized carbons (Fsp3) is 0.133. The van der Waals surface area contributed by atoms with E-state index < -0.39 is 0 Å². The summed E-state index contributed by atoms with van der Waals surface area (Å²) in [6, 6.07) is 14.0. The van der Waals surface area contributed by atoms with Crippen molar-refractivity contribution in [3.63, 3.8) is 0 Å². The van der Waals surface area contributed by atoms with Gasteiger partial charge in [0, 0.05) is 15.7 Å². The number of benzene rings is 1. The number of thioether (sulfide) groups is 1. The average molecular weight is 344 g/mol. The van der Waals surface area contributed by atoms with Crippen molar-refractivity contribution in [3.05, 3.63) is 46.1 Å². The van der Waals surface area contributed by atoms with Crippen molar-refractivity contribution in [2.24, 2.45) is 0 Å². The topological polar surface area (TPSA) is 60.5 Å². The highest BCUT2D eigenvalue weighted by atomic mass is 79.9. The zero-order valence-corrected chi connectivity index (χ0v) is 13.1. The molecule has 0 bridgehead atoms. The lowest BCUT2D eigenvalue weighted by Gasteiger charge is -2.09. The fourth-order valence-electron chi connectivity index (χ4n) is 1.81. The van der Waals surface area contributed by atoms with E-state index in [1.807, 2.05) is 37.3 Å². The second kappa shape index (κ2) is 6.56. The quantitative estimate of drug-likeness (QED) is 0.779. The van der Waals surface area contributed by atoms with Crippen LogP contribution in [0.25, 0.3) is 11.1 Å². The summed E-state index contributed by atoms with van der Waals surface area (Å²) in [6.45, 7) is 1.89. The minimum atomic E-state index is 0.283. The van der Waals surface area contributed by atoms with Crippen molar-refractivity contribution in [1.82, 2.24) is 4.98 Å². The first kappa shape index (κ1) is 14.6. The van der Waals surface area contributed by atoms with Gasteiger partial charge in [-0.25, -0.2) is 4.98 Å². The molecule has 2 aromatic rings. The summed E-state index contributed by atoms with van der Waals surface area (Å²) in [5.41, 5.74) is 3.18. The van der Waals surface area contributed by atoms with Gasteiger partial charge in [-0.1, -0.05) is 39.8 Å². The third-order valence-corrected chi connectivity index (χ3v) is 4.03. The summed E-state index contributed by atoms with van der Waals surface area (Å²) < 4.78 is 0.990. The molecular formula is C15H10BrN3S. The van der Waals surface area contributed by atoms with Crippen LogP contribution in [0.5, 0.6) is 0 Å². The second-order valence-electron chi connectivity index (χ2n) is 4.06. The van der Waals surface area contributed by atoms with Crippen LogP contribution in [0.1, 0.15) is 11.3 Å². The molecule has 0 saturated carbocycles. The number of hydrogen-bond donors (Lipinski definition) is 0. The van der Waals surface area contributed by atoms with Crippen LogP contribution in [0.15, 0.2) is 39.8 Å². The van der Waals surface area contributed by atoms with Crippen LogP contribution >= 0.6 is 27.7 Å². The van der Waals surface area contributed by atoms with E-state index in [1.165, 1.54) is 11.8 Å². The summed E-state index contributed by atoms with van der Waals surface area (Å²) in [4.78, 5) is 4.37. The predicted octanol–water partition coefficient (Wildman–Crippen LogP) is 4.31. The molecule has 5 heteroatoms. The number of rotatable bonds is 3. The van der Waals surface area contributed by atoms with Gasteiger partial charge in [-0.3, -0.25) is 0 Å². The lowest BCUT2D eigenvalue weighted by molar-refractivity contribution is 1.05. The fourth-order valence-corrected chi connectivity index (χ4v) is 2.79. The van der Waals surface area contributed by atoms with Crippen LogP contribution in [0.3, 0.4) is 0 Å². The van der Waals surface area contributed by atoms with E-state index in [2.05, 4.69) is 33.1 Å². The molecule has 0 saturated heterocycles. The van der Waals surface area contributed by atoms with Gasteiger partial charge in [0.25, 0.3) is 0 Å². The molecule has 0 N–H and O–H groups in total. The summed E-state index contributed by atoms with van der Waals surface area (Å²) in [7, 11) is 0. The van der Waals surface area contributed by atoms with Crippen LogP contribution in [0.2, 0.25) is 0 Å². The Bertz CT molecular complexity index is 712. The van der Waals surface area contributed by atoms with Gasteiger partial charge in [-0.15, -0.1) is 0 Å². The van der Waals surface area contributed by atoms with E-state index in [4.69, 9.17) is 5.26 Å². The summed E-state index contributed by atoms with van der Waals surface area (Å²) >= 11 is 4.69. The Labute approximate surface area is 130 Å². The Kier molecular flexibility index (Phi) is 4.79. The van der Waals surface area contributed by atoms with Crippen LogP contribution in [-0.2, 0) is 0 Å². The maximum atomic E-state index is 9.41.